The predicted molar refractivity (Wildman–Crippen MR) is 58.8 cm³/mol. The molecule has 0 bridgehead atoms. The van der Waals surface area contributed by atoms with Crippen LogP contribution in [0, 0.1) is 0 Å². The molecule has 3 unspecified atom stereocenters. The van der Waals surface area contributed by atoms with Gasteiger partial charge in [0.1, 0.15) is 12.2 Å². The largest absolute Gasteiger partial charge is 0.479 e. The van der Waals surface area contributed by atoms with Crippen LogP contribution in [-0.2, 0) is 14.3 Å². The SMILES string of the molecule is CCC(OC)c1noc(C2CCC(C(=O)O)O2)n1. The lowest BCUT2D eigenvalue weighted by molar-refractivity contribution is -0.150. The molecule has 0 radical (unpaired) electrons. The summed E-state index contributed by atoms with van der Waals surface area (Å²) in [5.74, 6) is -0.165. The van der Waals surface area contributed by atoms with Gasteiger partial charge in [0.05, 0.1) is 0 Å². The summed E-state index contributed by atoms with van der Waals surface area (Å²) in [7, 11) is 1.58. The van der Waals surface area contributed by atoms with Gasteiger partial charge in [-0.3, -0.25) is 0 Å². The number of carboxylic acids is 1. The zero-order chi connectivity index (χ0) is 13.1. The van der Waals surface area contributed by atoms with E-state index >= 15 is 0 Å². The minimum Gasteiger partial charge on any atom is -0.479 e. The molecule has 1 aliphatic heterocycles. The second-order valence-electron chi connectivity index (χ2n) is 4.15. The molecule has 0 amide bonds. The van der Waals surface area contributed by atoms with Gasteiger partial charge in [-0.25, -0.2) is 4.79 Å². The Bertz CT molecular complexity index is 415. The average molecular weight is 256 g/mol. The first kappa shape index (κ1) is 13.0. The van der Waals surface area contributed by atoms with Gasteiger partial charge >= 0.3 is 5.97 Å². The van der Waals surface area contributed by atoms with Crippen LogP contribution in [0.3, 0.4) is 0 Å². The fourth-order valence-corrected chi connectivity index (χ4v) is 1.96. The standard InChI is InChI=1S/C11H16N2O5/c1-3-6(16-2)9-12-10(18-13-9)7-4-5-8(17-7)11(14)15/h6-8H,3-5H2,1-2H3,(H,14,15). The van der Waals surface area contributed by atoms with E-state index in [0.29, 0.717) is 24.6 Å². The summed E-state index contributed by atoms with van der Waals surface area (Å²) in [6, 6.07) is 0. The van der Waals surface area contributed by atoms with Gasteiger partial charge in [-0.2, -0.15) is 4.98 Å². The lowest BCUT2D eigenvalue weighted by Crippen LogP contribution is -2.18. The third-order valence-corrected chi connectivity index (χ3v) is 2.97. The summed E-state index contributed by atoms with van der Waals surface area (Å²) in [5, 5.41) is 12.7. The summed E-state index contributed by atoms with van der Waals surface area (Å²) in [6.07, 6.45) is 0.343. The molecule has 3 atom stereocenters. The number of nitrogens with zero attached hydrogens (tertiary/aromatic N) is 2. The molecule has 0 aromatic carbocycles. The molecule has 1 aromatic heterocycles. The fourth-order valence-electron chi connectivity index (χ4n) is 1.96. The van der Waals surface area contributed by atoms with Crippen molar-refractivity contribution in [2.24, 2.45) is 0 Å². The second-order valence-corrected chi connectivity index (χ2v) is 4.15. The first-order valence-electron chi connectivity index (χ1n) is 5.90. The summed E-state index contributed by atoms with van der Waals surface area (Å²) in [5.41, 5.74) is 0. The quantitative estimate of drug-likeness (QED) is 0.852. The fraction of sp³-hybridized carbons (Fsp3) is 0.727. The zero-order valence-electron chi connectivity index (χ0n) is 10.3. The van der Waals surface area contributed by atoms with E-state index in [1.807, 2.05) is 6.92 Å². The van der Waals surface area contributed by atoms with E-state index in [1.165, 1.54) is 0 Å². The molecule has 1 saturated heterocycles. The van der Waals surface area contributed by atoms with Gasteiger partial charge in [0, 0.05) is 7.11 Å². The zero-order valence-corrected chi connectivity index (χ0v) is 10.3. The number of rotatable bonds is 5. The molecule has 1 aliphatic rings. The number of aliphatic carboxylic acids is 1. The van der Waals surface area contributed by atoms with E-state index in [0.717, 1.165) is 6.42 Å². The van der Waals surface area contributed by atoms with Gasteiger partial charge < -0.3 is 19.1 Å². The van der Waals surface area contributed by atoms with Crippen molar-refractivity contribution in [1.82, 2.24) is 10.1 Å². The highest BCUT2D eigenvalue weighted by Gasteiger charge is 2.35. The molecule has 0 aliphatic carbocycles. The normalized spacial score (nSPS) is 25.2. The van der Waals surface area contributed by atoms with Crippen LogP contribution in [0.2, 0.25) is 0 Å². The van der Waals surface area contributed by atoms with Crippen LogP contribution in [-0.4, -0.2) is 34.4 Å². The highest BCUT2D eigenvalue weighted by atomic mass is 16.6. The second kappa shape index (κ2) is 5.45. The van der Waals surface area contributed by atoms with Crippen LogP contribution in [0.4, 0.5) is 0 Å². The number of hydrogen-bond donors (Lipinski definition) is 1. The monoisotopic (exact) mass is 256 g/mol. The van der Waals surface area contributed by atoms with Gasteiger partial charge in [0.25, 0.3) is 5.89 Å². The number of ether oxygens (including phenoxy) is 2. The minimum absolute atomic E-state index is 0.209. The Morgan fingerprint density at radius 3 is 2.94 bits per heavy atom. The Hall–Kier alpha value is -1.47. The predicted octanol–water partition coefficient (Wildman–Crippen LogP) is 1.47. The number of hydrogen-bond acceptors (Lipinski definition) is 6. The number of methoxy groups -OCH3 is 1. The average Bonchev–Trinajstić information content (AvgIpc) is 2.98. The van der Waals surface area contributed by atoms with Crippen molar-refractivity contribution in [2.45, 2.75) is 44.5 Å². The molecule has 100 valence electrons. The van der Waals surface area contributed by atoms with E-state index in [2.05, 4.69) is 10.1 Å². The Labute approximate surface area is 104 Å². The van der Waals surface area contributed by atoms with Gasteiger partial charge in [-0.05, 0) is 19.3 Å². The topological polar surface area (TPSA) is 94.7 Å². The molecule has 1 aromatic rings. The third kappa shape index (κ3) is 2.51. The van der Waals surface area contributed by atoms with Gasteiger partial charge in [-0.1, -0.05) is 12.1 Å². The van der Waals surface area contributed by atoms with Crippen molar-refractivity contribution < 1.29 is 23.9 Å². The van der Waals surface area contributed by atoms with Crippen molar-refractivity contribution >= 4 is 5.97 Å². The maximum Gasteiger partial charge on any atom is 0.332 e. The summed E-state index contributed by atoms with van der Waals surface area (Å²) < 4.78 is 15.6. The van der Waals surface area contributed by atoms with Crippen LogP contribution in [0.15, 0.2) is 4.52 Å². The third-order valence-electron chi connectivity index (χ3n) is 2.97. The highest BCUT2D eigenvalue weighted by molar-refractivity contribution is 5.72. The Morgan fingerprint density at radius 2 is 2.39 bits per heavy atom. The van der Waals surface area contributed by atoms with Crippen LogP contribution >= 0.6 is 0 Å². The van der Waals surface area contributed by atoms with Crippen LogP contribution in [0.5, 0.6) is 0 Å². The molecule has 7 nitrogen and oxygen atoms in total. The lowest BCUT2D eigenvalue weighted by Gasteiger charge is -2.07. The maximum atomic E-state index is 10.8. The van der Waals surface area contributed by atoms with Gasteiger partial charge in [0.2, 0.25) is 5.82 Å². The van der Waals surface area contributed by atoms with E-state index in [4.69, 9.17) is 19.1 Å². The Balaban J connectivity index is 2.05. The van der Waals surface area contributed by atoms with E-state index in [9.17, 15) is 4.79 Å². The molecule has 2 heterocycles. The number of carbonyl (C=O) groups is 1. The molecule has 7 heteroatoms. The van der Waals surface area contributed by atoms with Crippen molar-refractivity contribution in [3.8, 4) is 0 Å². The van der Waals surface area contributed by atoms with Crippen LogP contribution in [0.25, 0.3) is 0 Å². The van der Waals surface area contributed by atoms with Crippen LogP contribution < -0.4 is 0 Å². The molecular weight excluding hydrogens is 240 g/mol. The molecule has 1 fully saturated rings. The van der Waals surface area contributed by atoms with Crippen molar-refractivity contribution in [1.29, 1.82) is 0 Å². The van der Waals surface area contributed by atoms with Crippen molar-refractivity contribution in [3.05, 3.63) is 11.7 Å². The molecule has 2 rings (SSSR count). The summed E-state index contributed by atoms with van der Waals surface area (Å²) >= 11 is 0. The van der Waals surface area contributed by atoms with Crippen molar-refractivity contribution in [3.63, 3.8) is 0 Å². The first-order valence-corrected chi connectivity index (χ1v) is 5.90. The molecule has 18 heavy (non-hydrogen) atoms. The van der Waals surface area contributed by atoms with Crippen LogP contribution in [0.1, 0.15) is 50.1 Å². The summed E-state index contributed by atoms with van der Waals surface area (Å²) in [4.78, 5) is 15.0. The van der Waals surface area contributed by atoms with Crippen molar-refractivity contribution in [2.75, 3.05) is 7.11 Å². The number of carboxylic acid groups (broad SMARTS) is 1. The first-order chi connectivity index (χ1) is 8.65. The van der Waals surface area contributed by atoms with Gasteiger partial charge in [0.15, 0.2) is 6.10 Å². The van der Waals surface area contributed by atoms with E-state index in [-0.39, 0.29) is 6.10 Å². The molecule has 1 N–H and O–H groups in total. The van der Waals surface area contributed by atoms with E-state index in [1.54, 1.807) is 7.11 Å². The molecule has 0 saturated carbocycles. The number of aromatic nitrogens is 2. The summed E-state index contributed by atoms with van der Waals surface area (Å²) in [6.45, 7) is 1.96. The maximum absolute atomic E-state index is 10.8. The lowest BCUT2D eigenvalue weighted by atomic mass is 10.2. The van der Waals surface area contributed by atoms with Gasteiger partial charge in [-0.15, -0.1) is 0 Å². The van der Waals surface area contributed by atoms with E-state index < -0.39 is 18.2 Å². The molecule has 0 spiro atoms. The molecular formula is C11H16N2O5. The Morgan fingerprint density at radius 1 is 1.61 bits per heavy atom. The Kier molecular flexibility index (Phi) is 3.93. The smallest absolute Gasteiger partial charge is 0.332 e. The highest BCUT2D eigenvalue weighted by Crippen LogP contribution is 2.32. The minimum atomic E-state index is -0.958.